The van der Waals surface area contributed by atoms with Crippen molar-refractivity contribution < 1.29 is 9.53 Å². The summed E-state index contributed by atoms with van der Waals surface area (Å²) in [5.41, 5.74) is 8.92. The average Bonchev–Trinajstić information content (AvgIpc) is 2.61. The summed E-state index contributed by atoms with van der Waals surface area (Å²) in [4.78, 5) is 14.7. The quantitative estimate of drug-likeness (QED) is 0.940. The number of para-hydroxylation sites is 1. The van der Waals surface area contributed by atoms with Gasteiger partial charge in [-0.1, -0.05) is 36.4 Å². The van der Waals surface area contributed by atoms with E-state index in [9.17, 15) is 4.79 Å². The van der Waals surface area contributed by atoms with Crippen molar-refractivity contribution in [1.29, 1.82) is 0 Å². The van der Waals surface area contributed by atoms with Crippen LogP contribution in [0, 0.1) is 6.92 Å². The number of hydrogen-bond donors (Lipinski definition) is 1. The highest BCUT2D eigenvalue weighted by atomic mass is 16.5. The van der Waals surface area contributed by atoms with Crippen LogP contribution in [0.5, 0.6) is 5.75 Å². The van der Waals surface area contributed by atoms with Crippen LogP contribution in [0.1, 0.15) is 34.3 Å². The SMILES string of the molecule is Cc1ccccc1COc1ccccc1C(=O)N1CCCC(N)C1. The molecule has 1 aliphatic rings. The van der Waals surface area contributed by atoms with Gasteiger partial charge in [-0.3, -0.25) is 4.79 Å². The van der Waals surface area contributed by atoms with E-state index in [4.69, 9.17) is 10.5 Å². The van der Waals surface area contributed by atoms with E-state index in [1.807, 2.05) is 47.4 Å². The molecular formula is C20H24N2O2. The zero-order valence-corrected chi connectivity index (χ0v) is 14.1. The predicted octanol–water partition coefficient (Wildman–Crippen LogP) is 3.14. The number of aryl methyl sites for hydroxylation is 1. The van der Waals surface area contributed by atoms with E-state index in [1.165, 1.54) is 5.56 Å². The highest BCUT2D eigenvalue weighted by molar-refractivity contribution is 5.97. The highest BCUT2D eigenvalue weighted by Crippen LogP contribution is 2.23. The van der Waals surface area contributed by atoms with Crippen molar-refractivity contribution in [3.05, 3.63) is 65.2 Å². The summed E-state index contributed by atoms with van der Waals surface area (Å²) in [7, 11) is 0. The number of rotatable bonds is 4. The van der Waals surface area contributed by atoms with Crippen LogP contribution >= 0.6 is 0 Å². The smallest absolute Gasteiger partial charge is 0.257 e. The van der Waals surface area contributed by atoms with Gasteiger partial charge in [-0.05, 0) is 43.0 Å². The molecular weight excluding hydrogens is 300 g/mol. The number of nitrogens with zero attached hydrogens (tertiary/aromatic N) is 1. The number of amides is 1. The molecule has 0 spiro atoms. The number of carbonyl (C=O) groups is 1. The maximum atomic E-state index is 12.8. The number of nitrogens with two attached hydrogens (primary N) is 1. The van der Waals surface area contributed by atoms with Crippen molar-refractivity contribution in [2.45, 2.75) is 32.4 Å². The Bertz CT molecular complexity index is 714. The normalized spacial score (nSPS) is 17.6. The van der Waals surface area contributed by atoms with Gasteiger partial charge in [0.25, 0.3) is 5.91 Å². The van der Waals surface area contributed by atoms with Crippen LogP contribution in [-0.2, 0) is 6.61 Å². The summed E-state index contributed by atoms with van der Waals surface area (Å²) >= 11 is 0. The van der Waals surface area contributed by atoms with Crippen LogP contribution in [0.25, 0.3) is 0 Å². The van der Waals surface area contributed by atoms with Crippen LogP contribution in [0.3, 0.4) is 0 Å². The predicted molar refractivity (Wildman–Crippen MR) is 95.1 cm³/mol. The van der Waals surface area contributed by atoms with Gasteiger partial charge in [0, 0.05) is 19.1 Å². The first kappa shape index (κ1) is 16.5. The van der Waals surface area contributed by atoms with E-state index < -0.39 is 0 Å². The highest BCUT2D eigenvalue weighted by Gasteiger charge is 2.24. The lowest BCUT2D eigenvalue weighted by Crippen LogP contribution is -2.45. The molecule has 1 heterocycles. The van der Waals surface area contributed by atoms with Crippen molar-refractivity contribution >= 4 is 5.91 Å². The molecule has 1 amide bonds. The molecule has 1 aliphatic heterocycles. The van der Waals surface area contributed by atoms with Crippen LogP contribution in [-0.4, -0.2) is 29.9 Å². The van der Waals surface area contributed by atoms with Crippen LogP contribution in [0.2, 0.25) is 0 Å². The fourth-order valence-electron chi connectivity index (χ4n) is 3.06. The van der Waals surface area contributed by atoms with Crippen molar-refractivity contribution in [2.75, 3.05) is 13.1 Å². The molecule has 3 rings (SSSR count). The molecule has 1 fully saturated rings. The summed E-state index contributed by atoms with van der Waals surface area (Å²) in [6.45, 7) is 3.89. The molecule has 126 valence electrons. The Morgan fingerprint density at radius 1 is 1.21 bits per heavy atom. The molecule has 0 aliphatic carbocycles. The molecule has 1 saturated heterocycles. The first-order chi connectivity index (χ1) is 11.6. The van der Waals surface area contributed by atoms with Gasteiger partial charge in [-0.15, -0.1) is 0 Å². The fourth-order valence-corrected chi connectivity index (χ4v) is 3.06. The van der Waals surface area contributed by atoms with E-state index in [2.05, 4.69) is 13.0 Å². The van der Waals surface area contributed by atoms with Crippen molar-refractivity contribution in [2.24, 2.45) is 5.73 Å². The van der Waals surface area contributed by atoms with Gasteiger partial charge >= 0.3 is 0 Å². The summed E-state index contributed by atoms with van der Waals surface area (Å²) in [6, 6.07) is 15.6. The maximum absolute atomic E-state index is 12.8. The minimum absolute atomic E-state index is 0.00512. The number of ether oxygens (including phenoxy) is 1. The lowest BCUT2D eigenvalue weighted by atomic mass is 10.0. The molecule has 2 N–H and O–H groups in total. The lowest BCUT2D eigenvalue weighted by Gasteiger charge is -2.31. The second-order valence-electron chi connectivity index (χ2n) is 6.36. The van der Waals surface area contributed by atoms with Crippen LogP contribution < -0.4 is 10.5 Å². The number of carbonyl (C=O) groups excluding carboxylic acids is 1. The van der Waals surface area contributed by atoms with E-state index >= 15 is 0 Å². The Labute approximate surface area is 143 Å². The molecule has 4 nitrogen and oxygen atoms in total. The van der Waals surface area contributed by atoms with Gasteiger partial charge in [0.15, 0.2) is 0 Å². The van der Waals surface area contributed by atoms with Gasteiger partial charge in [0.1, 0.15) is 12.4 Å². The lowest BCUT2D eigenvalue weighted by molar-refractivity contribution is 0.0704. The minimum atomic E-state index is 0.00512. The number of hydrogen-bond acceptors (Lipinski definition) is 3. The van der Waals surface area contributed by atoms with Crippen molar-refractivity contribution in [1.82, 2.24) is 4.90 Å². The van der Waals surface area contributed by atoms with Gasteiger partial charge in [0.05, 0.1) is 5.56 Å². The monoisotopic (exact) mass is 324 g/mol. The van der Waals surface area contributed by atoms with E-state index in [1.54, 1.807) is 0 Å². The third-order valence-corrected chi connectivity index (χ3v) is 4.51. The average molecular weight is 324 g/mol. The number of benzene rings is 2. The van der Waals surface area contributed by atoms with E-state index in [-0.39, 0.29) is 11.9 Å². The molecule has 2 aromatic rings. The summed E-state index contributed by atoms with van der Waals surface area (Å²) in [6.07, 6.45) is 1.94. The van der Waals surface area contributed by atoms with Gasteiger partial charge < -0.3 is 15.4 Å². The number of piperidine rings is 1. The Hall–Kier alpha value is -2.33. The Balaban J connectivity index is 1.75. The van der Waals surface area contributed by atoms with E-state index in [0.29, 0.717) is 24.5 Å². The Morgan fingerprint density at radius 2 is 1.96 bits per heavy atom. The topological polar surface area (TPSA) is 55.6 Å². The summed E-state index contributed by atoms with van der Waals surface area (Å²) in [5, 5.41) is 0. The molecule has 0 bridgehead atoms. The molecule has 2 aromatic carbocycles. The van der Waals surface area contributed by atoms with Crippen LogP contribution in [0.15, 0.2) is 48.5 Å². The zero-order valence-electron chi connectivity index (χ0n) is 14.1. The summed E-state index contributed by atoms with van der Waals surface area (Å²) < 4.78 is 5.96. The fraction of sp³-hybridized carbons (Fsp3) is 0.350. The van der Waals surface area contributed by atoms with Crippen molar-refractivity contribution in [3.8, 4) is 5.75 Å². The molecule has 0 radical (unpaired) electrons. The molecule has 1 unspecified atom stereocenters. The zero-order chi connectivity index (χ0) is 16.9. The largest absolute Gasteiger partial charge is 0.488 e. The Morgan fingerprint density at radius 3 is 2.75 bits per heavy atom. The first-order valence-corrected chi connectivity index (χ1v) is 8.46. The molecule has 0 aromatic heterocycles. The Kier molecular flexibility index (Phi) is 5.16. The summed E-state index contributed by atoms with van der Waals surface area (Å²) in [5.74, 6) is 0.635. The third-order valence-electron chi connectivity index (χ3n) is 4.51. The standard InChI is InChI=1S/C20H24N2O2/c1-15-7-2-3-8-16(15)14-24-19-11-5-4-10-18(19)20(23)22-12-6-9-17(21)13-22/h2-5,7-8,10-11,17H,6,9,12-14,21H2,1H3. The molecule has 0 saturated carbocycles. The third kappa shape index (κ3) is 3.77. The second-order valence-corrected chi connectivity index (χ2v) is 6.36. The number of likely N-dealkylation sites (tertiary alicyclic amines) is 1. The van der Waals surface area contributed by atoms with E-state index in [0.717, 1.165) is 24.9 Å². The maximum Gasteiger partial charge on any atom is 0.257 e. The van der Waals surface area contributed by atoms with Gasteiger partial charge in [-0.2, -0.15) is 0 Å². The van der Waals surface area contributed by atoms with Gasteiger partial charge in [0.2, 0.25) is 0 Å². The molecule has 1 atom stereocenters. The molecule has 4 heteroatoms. The second kappa shape index (κ2) is 7.49. The van der Waals surface area contributed by atoms with Crippen LogP contribution in [0.4, 0.5) is 0 Å². The first-order valence-electron chi connectivity index (χ1n) is 8.46. The molecule has 24 heavy (non-hydrogen) atoms. The minimum Gasteiger partial charge on any atom is -0.488 e. The van der Waals surface area contributed by atoms with Crippen molar-refractivity contribution in [3.63, 3.8) is 0 Å². The van der Waals surface area contributed by atoms with Gasteiger partial charge in [-0.25, -0.2) is 0 Å².